The average Bonchev–Trinajstić information content (AvgIpc) is 3.89. The van der Waals surface area contributed by atoms with E-state index in [1.54, 1.807) is 0 Å². The Labute approximate surface area is 365 Å². The van der Waals surface area contributed by atoms with Crippen LogP contribution in [0, 0.1) is 0 Å². The summed E-state index contributed by atoms with van der Waals surface area (Å²) in [4.78, 5) is 0. The van der Waals surface area contributed by atoms with Gasteiger partial charge in [-0.1, -0.05) is 182 Å². The molecule has 0 bridgehead atoms. The van der Waals surface area contributed by atoms with E-state index < -0.39 is 0 Å². The van der Waals surface area contributed by atoms with Crippen LogP contribution in [0.2, 0.25) is 0 Å². The first-order chi connectivity index (χ1) is 31.8. The molecule has 0 N–H and O–H groups in total. The van der Waals surface area contributed by atoms with E-state index in [1.165, 1.54) is 152 Å². The molecule has 0 fully saturated rings. The van der Waals surface area contributed by atoms with E-state index in [1.807, 2.05) is 0 Å². The summed E-state index contributed by atoms with van der Waals surface area (Å²) in [5.74, 6) is 0. The van der Waals surface area contributed by atoms with Crippen molar-refractivity contribution in [1.82, 2.24) is 9.13 Å². The van der Waals surface area contributed by atoms with Crippen molar-refractivity contribution in [3.05, 3.63) is 206 Å². The van der Waals surface area contributed by atoms with Gasteiger partial charge < -0.3 is 9.13 Å². The lowest BCUT2D eigenvalue weighted by Gasteiger charge is -2.20. The minimum Gasteiger partial charge on any atom is -0.308 e. The zero-order chi connectivity index (χ0) is 41.4. The highest BCUT2D eigenvalue weighted by Crippen LogP contribution is 2.52. The molecule has 14 aromatic carbocycles. The van der Waals surface area contributed by atoms with Gasteiger partial charge in [0.05, 0.1) is 33.4 Å². The van der Waals surface area contributed by atoms with Crippen molar-refractivity contribution >= 4 is 141 Å². The van der Waals surface area contributed by atoms with Crippen LogP contribution in [0.15, 0.2) is 206 Å². The third kappa shape index (κ3) is 3.95. The van der Waals surface area contributed by atoms with E-state index in [2.05, 4.69) is 215 Å². The number of aromatic nitrogens is 2. The zero-order valence-electron chi connectivity index (χ0n) is 34.5. The van der Waals surface area contributed by atoms with Gasteiger partial charge in [-0.25, -0.2) is 0 Å². The Bertz CT molecular complexity index is 4380. The molecule has 64 heavy (non-hydrogen) atoms. The summed E-state index contributed by atoms with van der Waals surface area (Å²) in [6.07, 6.45) is 0. The van der Waals surface area contributed by atoms with Crippen molar-refractivity contribution < 1.29 is 0 Å². The van der Waals surface area contributed by atoms with E-state index in [9.17, 15) is 0 Å². The predicted molar refractivity (Wildman–Crippen MR) is 275 cm³/mol. The molecule has 2 heteroatoms. The van der Waals surface area contributed by atoms with Crippen LogP contribution in [0.5, 0.6) is 0 Å². The summed E-state index contributed by atoms with van der Waals surface area (Å²) < 4.78 is 5.24. The van der Waals surface area contributed by atoms with Crippen LogP contribution in [0.1, 0.15) is 0 Å². The molecule has 2 nitrogen and oxygen atoms in total. The van der Waals surface area contributed by atoms with Crippen LogP contribution in [0.25, 0.3) is 152 Å². The fourth-order valence-electron chi connectivity index (χ4n) is 12.4. The third-order valence-electron chi connectivity index (χ3n) is 14.9. The topological polar surface area (TPSA) is 9.86 Å². The number of fused-ring (bicyclic) bond motifs is 15. The van der Waals surface area contributed by atoms with Crippen molar-refractivity contribution in [3.8, 4) is 11.4 Å². The standard InChI is InChI=1S/C62H34N2/c1-3-17-43-41(15-1)57-45-19-5-7-21-49(45)63(51-33-29-39-25-23-35-11-9-13-37-27-31-47(51)55(39)53(35)37)61(57)60-44-18-4-2-16-42(44)58-46-20-6-8-22-50(46)64(62(58)59(43)60)52-34-30-40-26-24-36-12-10-14-38-28-32-48(52)56(40)54(36)38/h1-34H. The molecule has 0 saturated carbocycles. The Kier molecular flexibility index (Phi) is 6.08. The monoisotopic (exact) mass is 806 g/mol. The largest absolute Gasteiger partial charge is 0.308 e. The Morgan fingerprint density at radius 2 is 0.500 bits per heavy atom. The minimum atomic E-state index is 1.20. The molecule has 0 aliphatic rings. The van der Waals surface area contributed by atoms with Gasteiger partial charge in [-0.2, -0.15) is 0 Å². The highest BCUT2D eigenvalue weighted by atomic mass is 15.0. The molecule has 0 radical (unpaired) electrons. The molecule has 0 atom stereocenters. The maximum Gasteiger partial charge on any atom is 0.0633 e. The molecular formula is C62H34N2. The number of rotatable bonds is 2. The number of hydrogen-bond acceptors (Lipinski definition) is 0. The highest BCUT2D eigenvalue weighted by molar-refractivity contribution is 6.44. The lowest BCUT2D eigenvalue weighted by molar-refractivity contribution is 1.20. The van der Waals surface area contributed by atoms with Crippen molar-refractivity contribution in [2.45, 2.75) is 0 Å². The summed E-state index contributed by atoms with van der Waals surface area (Å²) in [6.45, 7) is 0. The van der Waals surface area contributed by atoms with Crippen molar-refractivity contribution in [3.63, 3.8) is 0 Å². The number of para-hydroxylation sites is 2. The molecule has 0 aliphatic carbocycles. The van der Waals surface area contributed by atoms with Gasteiger partial charge in [0.2, 0.25) is 0 Å². The Morgan fingerprint density at radius 3 is 0.906 bits per heavy atom. The quantitative estimate of drug-likeness (QED) is 0.154. The summed E-state index contributed by atoms with van der Waals surface area (Å²) in [5, 5.41) is 28.2. The smallest absolute Gasteiger partial charge is 0.0633 e. The third-order valence-corrected chi connectivity index (χ3v) is 14.9. The van der Waals surface area contributed by atoms with E-state index in [0.717, 1.165) is 0 Å². The lowest BCUT2D eigenvalue weighted by Crippen LogP contribution is -2.00. The molecule has 16 aromatic rings. The van der Waals surface area contributed by atoms with Crippen molar-refractivity contribution in [2.24, 2.45) is 0 Å². The van der Waals surface area contributed by atoms with Crippen LogP contribution >= 0.6 is 0 Å². The van der Waals surface area contributed by atoms with Gasteiger partial charge in [0, 0.05) is 43.1 Å². The Morgan fingerprint density at radius 1 is 0.188 bits per heavy atom. The fourth-order valence-corrected chi connectivity index (χ4v) is 12.4. The van der Waals surface area contributed by atoms with Crippen LogP contribution in [-0.4, -0.2) is 9.13 Å². The van der Waals surface area contributed by atoms with Gasteiger partial charge in [0.1, 0.15) is 0 Å². The first-order valence-electron chi connectivity index (χ1n) is 22.4. The summed E-state index contributed by atoms with van der Waals surface area (Å²) in [6, 6.07) is 77.9. The van der Waals surface area contributed by atoms with E-state index >= 15 is 0 Å². The lowest BCUT2D eigenvalue weighted by atomic mass is 9.90. The van der Waals surface area contributed by atoms with Gasteiger partial charge in [0.25, 0.3) is 0 Å². The van der Waals surface area contributed by atoms with E-state index in [0.29, 0.717) is 0 Å². The molecule has 0 amide bonds. The number of nitrogens with zero attached hydrogens (tertiary/aromatic N) is 2. The van der Waals surface area contributed by atoms with Gasteiger partial charge >= 0.3 is 0 Å². The molecule has 16 rings (SSSR count). The van der Waals surface area contributed by atoms with Gasteiger partial charge in [0.15, 0.2) is 0 Å². The maximum atomic E-state index is 2.62. The second-order valence-corrected chi connectivity index (χ2v) is 17.9. The molecular weight excluding hydrogens is 773 g/mol. The van der Waals surface area contributed by atoms with Crippen molar-refractivity contribution in [2.75, 3.05) is 0 Å². The number of benzene rings is 14. The molecule has 2 heterocycles. The second-order valence-electron chi connectivity index (χ2n) is 17.9. The molecule has 0 saturated heterocycles. The normalized spacial score (nSPS) is 12.7. The first-order valence-corrected chi connectivity index (χ1v) is 22.4. The number of hydrogen-bond donors (Lipinski definition) is 0. The minimum absolute atomic E-state index is 1.20. The molecule has 0 spiro atoms. The maximum absolute atomic E-state index is 2.62. The van der Waals surface area contributed by atoms with Crippen LogP contribution < -0.4 is 0 Å². The van der Waals surface area contributed by atoms with Gasteiger partial charge in [-0.3, -0.25) is 0 Å². The second kappa shape index (κ2) is 11.7. The molecule has 0 aliphatic heterocycles. The van der Waals surface area contributed by atoms with Crippen molar-refractivity contribution in [1.29, 1.82) is 0 Å². The van der Waals surface area contributed by atoms with E-state index in [-0.39, 0.29) is 0 Å². The molecule has 292 valence electrons. The molecule has 2 aromatic heterocycles. The van der Waals surface area contributed by atoms with Crippen LogP contribution in [0.3, 0.4) is 0 Å². The zero-order valence-corrected chi connectivity index (χ0v) is 34.5. The molecule has 0 unspecified atom stereocenters. The Balaban J connectivity index is 1.19. The predicted octanol–water partition coefficient (Wildman–Crippen LogP) is 17.1. The van der Waals surface area contributed by atoms with Gasteiger partial charge in [-0.05, 0) is 99.7 Å². The SMILES string of the molecule is c1cc2ccc3ccc(-n4c5ccccc5c5c6ccccc6c6c(c7ccccc7c7c8ccccc8n(-c8ccc9ccc%10cccc%11ccc8c9c%10%11)c76)c54)c4ccc(c1)c2c34. The van der Waals surface area contributed by atoms with E-state index in [4.69, 9.17) is 0 Å². The van der Waals surface area contributed by atoms with Crippen LogP contribution in [0.4, 0.5) is 0 Å². The average molecular weight is 807 g/mol. The fraction of sp³-hybridized carbons (Fsp3) is 0. The summed E-state index contributed by atoms with van der Waals surface area (Å²) in [5.41, 5.74) is 7.31. The Hall–Kier alpha value is -8.46. The summed E-state index contributed by atoms with van der Waals surface area (Å²) in [7, 11) is 0. The summed E-state index contributed by atoms with van der Waals surface area (Å²) >= 11 is 0. The van der Waals surface area contributed by atoms with Gasteiger partial charge in [-0.15, -0.1) is 0 Å². The first kappa shape index (κ1) is 33.2. The highest BCUT2D eigenvalue weighted by Gasteiger charge is 2.27. The van der Waals surface area contributed by atoms with Crippen LogP contribution in [-0.2, 0) is 0 Å².